The average molecular weight is 301 g/mol. The van der Waals surface area contributed by atoms with Crippen LogP contribution in [0, 0.1) is 0 Å². The summed E-state index contributed by atoms with van der Waals surface area (Å²) in [5.41, 5.74) is 0. The van der Waals surface area contributed by atoms with E-state index < -0.39 is 12.0 Å². The van der Waals surface area contributed by atoms with Gasteiger partial charge in [0.25, 0.3) is 0 Å². The lowest BCUT2D eigenvalue weighted by Gasteiger charge is -2.34. The molecule has 0 aliphatic carbocycles. The van der Waals surface area contributed by atoms with Crippen LogP contribution in [0.2, 0.25) is 0 Å². The molecule has 2 N–H and O–H groups in total. The van der Waals surface area contributed by atoms with Gasteiger partial charge in [-0.3, -0.25) is 0 Å². The van der Waals surface area contributed by atoms with E-state index in [0.29, 0.717) is 12.3 Å². The third-order valence-corrected chi connectivity index (χ3v) is 4.80. The van der Waals surface area contributed by atoms with Crippen LogP contribution in [0.15, 0.2) is 0 Å². The molecule has 6 nitrogen and oxygen atoms in total. The van der Waals surface area contributed by atoms with Crippen molar-refractivity contribution < 1.29 is 14.7 Å². The number of nitrogens with one attached hydrogen (secondary N) is 1. The smallest absolute Gasteiger partial charge is 0.327 e. The molecule has 0 aromatic carbocycles. The minimum Gasteiger partial charge on any atom is -0.480 e. The van der Waals surface area contributed by atoms with E-state index in [1.54, 1.807) is 11.8 Å². The second kappa shape index (κ2) is 7.17. The second-order valence-corrected chi connectivity index (χ2v) is 6.63. The highest BCUT2D eigenvalue weighted by atomic mass is 32.2. The Labute approximate surface area is 123 Å². The minimum absolute atomic E-state index is 0.0459. The molecule has 2 unspecified atom stereocenters. The quantitative estimate of drug-likeness (QED) is 0.799. The standard InChI is InChI=1S/C13H23N3O3S/c1-10(8-15-4-2-3-5-15)14-13(19)16-6-7-20-9-11(16)12(17)18/h10-11H,2-9H2,1H3,(H,14,19)(H,17,18). The molecule has 2 aliphatic rings. The van der Waals surface area contributed by atoms with Crippen LogP contribution in [0.5, 0.6) is 0 Å². The summed E-state index contributed by atoms with van der Waals surface area (Å²) < 4.78 is 0. The Balaban J connectivity index is 1.84. The first-order valence-electron chi connectivity index (χ1n) is 7.18. The van der Waals surface area contributed by atoms with Crippen LogP contribution in [-0.4, -0.2) is 76.7 Å². The highest BCUT2D eigenvalue weighted by molar-refractivity contribution is 7.99. The van der Waals surface area contributed by atoms with Gasteiger partial charge in [-0.1, -0.05) is 0 Å². The number of amides is 2. The molecular weight excluding hydrogens is 278 g/mol. The van der Waals surface area contributed by atoms with Gasteiger partial charge in [0, 0.05) is 30.6 Å². The molecule has 0 bridgehead atoms. The van der Waals surface area contributed by atoms with Crippen LogP contribution < -0.4 is 5.32 Å². The molecule has 2 fully saturated rings. The molecule has 2 amide bonds. The van der Waals surface area contributed by atoms with Crippen molar-refractivity contribution in [1.82, 2.24) is 15.1 Å². The molecule has 0 spiro atoms. The van der Waals surface area contributed by atoms with Crippen LogP contribution in [0.1, 0.15) is 19.8 Å². The third-order valence-electron chi connectivity index (χ3n) is 3.78. The van der Waals surface area contributed by atoms with E-state index >= 15 is 0 Å². The molecule has 0 aromatic rings. The molecule has 7 heteroatoms. The first-order valence-corrected chi connectivity index (χ1v) is 8.33. The molecule has 2 atom stereocenters. The Morgan fingerprint density at radius 1 is 1.35 bits per heavy atom. The topological polar surface area (TPSA) is 72.9 Å². The lowest BCUT2D eigenvalue weighted by molar-refractivity contribution is -0.141. The lowest BCUT2D eigenvalue weighted by Crippen LogP contribution is -2.56. The van der Waals surface area contributed by atoms with Crippen LogP contribution in [0.3, 0.4) is 0 Å². The summed E-state index contributed by atoms with van der Waals surface area (Å²) in [6.45, 7) is 5.51. The molecule has 2 rings (SSSR count). The molecule has 2 heterocycles. The monoisotopic (exact) mass is 301 g/mol. The number of hydrogen-bond acceptors (Lipinski definition) is 4. The highest BCUT2D eigenvalue weighted by Gasteiger charge is 2.32. The summed E-state index contributed by atoms with van der Waals surface area (Å²) in [5, 5.41) is 12.1. The zero-order valence-electron chi connectivity index (χ0n) is 11.9. The maximum Gasteiger partial charge on any atom is 0.327 e. The number of rotatable bonds is 4. The molecule has 2 aliphatic heterocycles. The highest BCUT2D eigenvalue weighted by Crippen LogP contribution is 2.17. The number of carbonyl (C=O) groups excluding carboxylic acids is 1. The molecule has 114 valence electrons. The van der Waals surface area contributed by atoms with Crippen molar-refractivity contribution in [2.75, 3.05) is 37.7 Å². The average Bonchev–Trinajstić information content (AvgIpc) is 2.91. The predicted octanol–water partition coefficient (Wildman–Crippen LogP) is 0.682. The van der Waals surface area contributed by atoms with E-state index in [2.05, 4.69) is 10.2 Å². The number of carboxylic acid groups (broad SMARTS) is 1. The normalized spacial score (nSPS) is 25.4. The van der Waals surface area contributed by atoms with Gasteiger partial charge in [0.1, 0.15) is 6.04 Å². The van der Waals surface area contributed by atoms with Crippen LogP contribution in [0.25, 0.3) is 0 Å². The number of carboxylic acids is 1. The summed E-state index contributed by atoms with van der Waals surface area (Å²) >= 11 is 1.59. The third kappa shape index (κ3) is 4.02. The summed E-state index contributed by atoms with van der Waals surface area (Å²) in [6, 6.07) is -0.901. The SMILES string of the molecule is CC(CN1CCCC1)NC(=O)N1CCSCC1C(=O)O. The van der Waals surface area contributed by atoms with Gasteiger partial charge in [-0.15, -0.1) is 0 Å². The van der Waals surface area contributed by atoms with Crippen molar-refractivity contribution >= 4 is 23.8 Å². The first kappa shape index (κ1) is 15.4. The maximum atomic E-state index is 12.2. The van der Waals surface area contributed by atoms with E-state index in [1.165, 1.54) is 17.7 Å². The van der Waals surface area contributed by atoms with Crippen molar-refractivity contribution in [1.29, 1.82) is 0 Å². The number of thioether (sulfide) groups is 1. The zero-order chi connectivity index (χ0) is 14.5. The maximum absolute atomic E-state index is 12.2. The fraction of sp³-hybridized carbons (Fsp3) is 0.846. The Morgan fingerprint density at radius 2 is 2.05 bits per heavy atom. The molecule has 20 heavy (non-hydrogen) atoms. The van der Waals surface area contributed by atoms with Crippen molar-refractivity contribution in [2.24, 2.45) is 0 Å². The van der Waals surface area contributed by atoms with E-state index in [1.807, 2.05) is 6.92 Å². The van der Waals surface area contributed by atoms with Gasteiger partial charge < -0.3 is 20.2 Å². The Kier molecular flexibility index (Phi) is 5.54. The summed E-state index contributed by atoms with van der Waals surface area (Å²) in [6.07, 6.45) is 2.45. The van der Waals surface area contributed by atoms with Gasteiger partial charge in [-0.05, 0) is 32.9 Å². The van der Waals surface area contributed by atoms with Gasteiger partial charge >= 0.3 is 12.0 Å². The second-order valence-electron chi connectivity index (χ2n) is 5.48. The van der Waals surface area contributed by atoms with E-state index in [-0.39, 0.29) is 12.1 Å². The van der Waals surface area contributed by atoms with Gasteiger partial charge in [0.05, 0.1) is 0 Å². The number of urea groups is 1. The van der Waals surface area contributed by atoms with Gasteiger partial charge in [-0.2, -0.15) is 11.8 Å². The van der Waals surface area contributed by atoms with Crippen molar-refractivity contribution in [3.05, 3.63) is 0 Å². The van der Waals surface area contributed by atoms with Gasteiger partial charge in [0.2, 0.25) is 0 Å². The number of likely N-dealkylation sites (tertiary alicyclic amines) is 1. The Bertz CT molecular complexity index is 361. The van der Waals surface area contributed by atoms with Crippen molar-refractivity contribution in [2.45, 2.75) is 31.8 Å². The molecule has 0 saturated carbocycles. The fourth-order valence-corrected chi connectivity index (χ4v) is 3.78. The number of carbonyl (C=O) groups is 2. The van der Waals surface area contributed by atoms with Crippen LogP contribution in [0.4, 0.5) is 4.79 Å². The Hall–Kier alpha value is -0.950. The van der Waals surface area contributed by atoms with Gasteiger partial charge in [0.15, 0.2) is 0 Å². The Morgan fingerprint density at radius 3 is 2.70 bits per heavy atom. The molecule has 0 aromatic heterocycles. The lowest BCUT2D eigenvalue weighted by atomic mass is 10.2. The molecule has 0 radical (unpaired) electrons. The number of aliphatic carboxylic acids is 1. The largest absolute Gasteiger partial charge is 0.480 e. The zero-order valence-corrected chi connectivity index (χ0v) is 12.7. The van der Waals surface area contributed by atoms with Crippen LogP contribution >= 0.6 is 11.8 Å². The van der Waals surface area contributed by atoms with E-state index in [4.69, 9.17) is 0 Å². The first-order chi connectivity index (χ1) is 9.58. The van der Waals surface area contributed by atoms with E-state index in [0.717, 1.165) is 25.4 Å². The predicted molar refractivity (Wildman–Crippen MR) is 79.1 cm³/mol. The molecule has 2 saturated heterocycles. The summed E-state index contributed by atoms with van der Waals surface area (Å²) in [5.74, 6) is 0.362. The summed E-state index contributed by atoms with van der Waals surface area (Å²) in [7, 11) is 0. The van der Waals surface area contributed by atoms with Gasteiger partial charge in [-0.25, -0.2) is 9.59 Å². The van der Waals surface area contributed by atoms with E-state index in [9.17, 15) is 14.7 Å². The summed E-state index contributed by atoms with van der Waals surface area (Å²) in [4.78, 5) is 27.2. The van der Waals surface area contributed by atoms with Crippen molar-refractivity contribution in [3.63, 3.8) is 0 Å². The fourth-order valence-electron chi connectivity index (χ4n) is 2.74. The molecular formula is C13H23N3O3S. The number of nitrogens with zero attached hydrogens (tertiary/aromatic N) is 2. The number of hydrogen-bond donors (Lipinski definition) is 2. The minimum atomic E-state index is -0.917. The van der Waals surface area contributed by atoms with Crippen LogP contribution in [-0.2, 0) is 4.79 Å². The van der Waals surface area contributed by atoms with Crippen molar-refractivity contribution in [3.8, 4) is 0 Å².